The molecule has 0 aliphatic carbocycles. The van der Waals surface area contributed by atoms with Gasteiger partial charge in [-0.3, -0.25) is 10.1 Å². The molecule has 3 rings (SSSR count). The van der Waals surface area contributed by atoms with Crippen LogP contribution in [0.25, 0.3) is 0 Å². The van der Waals surface area contributed by atoms with E-state index in [2.05, 4.69) is 15.3 Å². The van der Waals surface area contributed by atoms with Crippen LogP contribution in [0.4, 0.5) is 21.7 Å². The van der Waals surface area contributed by atoms with Gasteiger partial charge in [-0.15, -0.1) is 0 Å². The summed E-state index contributed by atoms with van der Waals surface area (Å²) in [4.78, 5) is 21.4. The number of nitrogens with zero attached hydrogens (tertiary/aromatic N) is 4. The van der Waals surface area contributed by atoms with Crippen molar-refractivity contribution in [2.24, 2.45) is 0 Å². The van der Waals surface area contributed by atoms with Crippen LogP contribution < -0.4 is 10.2 Å². The number of hydrogen-bond acceptors (Lipinski definition) is 6. The fraction of sp³-hybridized carbons (Fsp3) is 0.412. The number of nitrogens with one attached hydrogen (secondary N) is 1. The molecular formula is C17H20FN5O2. The molecular weight excluding hydrogens is 325 g/mol. The molecule has 132 valence electrons. The lowest BCUT2D eigenvalue weighted by molar-refractivity contribution is -0.383. The van der Waals surface area contributed by atoms with Crippen LogP contribution in [0.15, 0.2) is 30.6 Å². The number of halogens is 1. The highest BCUT2D eigenvalue weighted by molar-refractivity contribution is 5.70. The van der Waals surface area contributed by atoms with Crippen LogP contribution in [0.3, 0.4) is 0 Å². The molecule has 0 saturated carbocycles. The van der Waals surface area contributed by atoms with Gasteiger partial charge in [0.05, 0.1) is 4.92 Å². The molecule has 0 amide bonds. The maximum atomic E-state index is 13.0. The number of benzene rings is 1. The first-order chi connectivity index (χ1) is 12.1. The van der Waals surface area contributed by atoms with Crippen molar-refractivity contribution in [3.8, 4) is 0 Å². The first kappa shape index (κ1) is 17.1. The molecule has 2 aromatic rings. The average Bonchev–Trinajstić information content (AvgIpc) is 2.90. The van der Waals surface area contributed by atoms with E-state index < -0.39 is 4.92 Å². The maximum Gasteiger partial charge on any atom is 0.353 e. The summed E-state index contributed by atoms with van der Waals surface area (Å²) in [5.41, 5.74) is 0.706. The molecule has 0 bridgehead atoms. The van der Waals surface area contributed by atoms with E-state index in [1.807, 2.05) is 4.90 Å². The minimum absolute atomic E-state index is 0.105. The molecule has 0 spiro atoms. The Kier molecular flexibility index (Phi) is 5.37. The van der Waals surface area contributed by atoms with Crippen molar-refractivity contribution in [1.82, 2.24) is 9.97 Å². The topological polar surface area (TPSA) is 84.2 Å². The van der Waals surface area contributed by atoms with Crippen LogP contribution in [-0.2, 0) is 6.54 Å². The lowest BCUT2D eigenvalue weighted by Crippen LogP contribution is -2.26. The SMILES string of the molecule is O=[N+]([O-])c1c(NCc2ccc(F)cc2)ncnc1N1CCCCCC1. The predicted molar refractivity (Wildman–Crippen MR) is 93.1 cm³/mol. The monoisotopic (exact) mass is 345 g/mol. The van der Waals surface area contributed by atoms with Gasteiger partial charge in [0.25, 0.3) is 0 Å². The summed E-state index contributed by atoms with van der Waals surface area (Å²) in [6.45, 7) is 1.84. The Morgan fingerprint density at radius 1 is 1.12 bits per heavy atom. The van der Waals surface area contributed by atoms with Gasteiger partial charge in [-0.2, -0.15) is 0 Å². The zero-order valence-corrected chi connectivity index (χ0v) is 13.8. The van der Waals surface area contributed by atoms with Gasteiger partial charge >= 0.3 is 5.69 Å². The number of anilines is 2. The Morgan fingerprint density at radius 3 is 2.44 bits per heavy atom. The lowest BCUT2D eigenvalue weighted by atomic mass is 10.2. The normalized spacial score (nSPS) is 14.8. The molecule has 2 heterocycles. The van der Waals surface area contributed by atoms with E-state index in [1.54, 1.807) is 12.1 Å². The fourth-order valence-electron chi connectivity index (χ4n) is 2.97. The molecule has 1 N–H and O–H groups in total. The fourth-order valence-corrected chi connectivity index (χ4v) is 2.97. The highest BCUT2D eigenvalue weighted by Crippen LogP contribution is 2.33. The van der Waals surface area contributed by atoms with Gasteiger partial charge in [-0.1, -0.05) is 25.0 Å². The zero-order chi connectivity index (χ0) is 17.6. The Hall–Kier alpha value is -2.77. The van der Waals surface area contributed by atoms with Crippen molar-refractivity contribution >= 4 is 17.3 Å². The molecule has 0 atom stereocenters. The number of nitro groups is 1. The zero-order valence-electron chi connectivity index (χ0n) is 13.8. The highest BCUT2D eigenvalue weighted by Gasteiger charge is 2.27. The Balaban J connectivity index is 1.84. The molecule has 1 aromatic carbocycles. The van der Waals surface area contributed by atoms with Crippen molar-refractivity contribution in [1.29, 1.82) is 0 Å². The Bertz CT molecular complexity index is 730. The van der Waals surface area contributed by atoms with E-state index >= 15 is 0 Å². The first-order valence-corrected chi connectivity index (χ1v) is 8.38. The summed E-state index contributed by atoms with van der Waals surface area (Å²) in [6.07, 6.45) is 5.61. The lowest BCUT2D eigenvalue weighted by Gasteiger charge is -2.21. The molecule has 0 unspecified atom stereocenters. The molecule has 0 radical (unpaired) electrons. The molecule has 8 heteroatoms. The maximum absolute atomic E-state index is 13.0. The second-order valence-corrected chi connectivity index (χ2v) is 6.03. The quantitative estimate of drug-likeness (QED) is 0.659. The smallest absolute Gasteiger partial charge is 0.353 e. The minimum Gasteiger partial charge on any atom is -0.360 e. The summed E-state index contributed by atoms with van der Waals surface area (Å²) in [7, 11) is 0. The molecule has 1 aliphatic heterocycles. The van der Waals surface area contributed by atoms with E-state index in [0.717, 1.165) is 44.3 Å². The second kappa shape index (κ2) is 7.87. The second-order valence-electron chi connectivity index (χ2n) is 6.03. The molecule has 7 nitrogen and oxygen atoms in total. The van der Waals surface area contributed by atoms with Crippen LogP contribution >= 0.6 is 0 Å². The van der Waals surface area contributed by atoms with E-state index in [-0.39, 0.29) is 17.3 Å². The summed E-state index contributed by atoms with van der Waals surface area (Å²) < 4.78 is 13.0. The summed E-state index contributed by atoms with van der Waals surface area (Å²) >= 11 is 0. The molecule has 1 aromatic heterocycles. The van der Waals surface area contributed by atoms with Crippen molar-refractivity contribution in [3.05, 3.63) is 52.1 Å². The molecule has 1 saturated heterocycles. The highest BCUT2D eigenvalue weighted by atomic mass is 19.1. The number of hydrogen-bond donors (Lipinski definition) is 1. The summed E-state index contributed by atoms with van der Waals surface area (Å²) in [6, 6.07) is 5.97. The van der Waals surface area contributed by atoms with Crippen molar-refractivity contribution in [2.45, 2.75) is 32.2 Å². The van der Waals surface area contributed by atoms with Gasteiger partial charge in [0.1, 0.15) is 12.1 Å². The van der Waals surface area contributed by atoms with Crippen LogP contribution in [-0.4, -0.2) is 28.0 Å². The predicted octanol–water partition coefficient (Wildman–Crippen LogP) is 3.52. The van der Waals surface area contributed by atoms with Crippen molar-refractivity contribution in [3.63, 3.8) is 0 Å². The van der Waals surface area contributed by atoms with Gasteiger partial charge in [-0.25, -0.2) is 14.4 Å². The van der Waals surface area contributed by atoms with Crippen LogP contribution in [0.2, 0.25) is 0 Å². The third-order valence-electron chi connectivity index (χ3n) is 4.26. The van der Waals surface area contributed by atoms with Crippen LogP contribution in [0, 0.1) is 15.9 Å². The summed E-state index contributed by atoms with van der Waals surface area (Å²) in [5.74, 6) is 0.229. The van der Waals surface area contributed by atoms with Crippen LogP contribution in [0.1, 0.15) is 31.2 Å². The van der Waals surface area contributed by atoms with E-state index in [0.29, 0.717) is 12.4 Å². The largest absolute Gasteiger partial charge is 0.360 e. The van der Waals surface area contributed by atoms with Gasteiger partial charge in [0, 0.05) is 19.6 Å². The van der Waals surface area contributed by atoms with E-state index in [4.69, 9.17) is 0 Å². The van der Waals surface area contributed by atoms with Gasteiger partial charge in [0.2, 0.25) is 11.6 Å². The number of rotatable bonds is 5. The van der Waals surface area contributed by atoms with Gasteiger partial charge < -0.3 is 10.2 Å². The standard InChI is InChI=1S/C17H20FN5O2/c18-14-7-5-13(6-8-14)11-19-16-15(23(24)25)17(21-12-20-16)22-9-3-1-2-4-10-22/h5-8,12H,1-4,9-11H2,(H,19,20,21). The Labute approximate surface area is 145 Å². The minimum atomic E-state index is -0.437. The number of aromatic nitrogens is 2. The third-order valence-corrected chi connectivity index (χ3v) is 4.26. The first-order valence-electron chi connectivity index (χ1n) is 8.38. The van der Waals surface area contributed by atoms with Crippen LogP contribution in [0.5, 0.6) is 0 Å². The molecule has 1 aliphatic rings. The third kappa shape index (κ3) is 4.20. The van der Waals surface area contributed by atoms with E-state index in [1.165, 1.54) is 18.5 Å². The van der Waals surface area contributed by atoms with Gasteiger partial charge in [-0.05, 0) is 30.5 Å². The summed E-state index contributed by atoms with van der Waals surface area (Å²) in [5, 5.41) is 14.6. The van der Waals surface area contributed by atoms with Gasteiger partial charge in [0.15, 0.2) is 0 Å². The van der Waals surface area contributed by atoms with Crippen molar-refractivity contribution < 1.29 is 9.31 Å². The Morgan fingerprint density at radius 2 is 1.80 bits per heavy atom. The molecule has 1 fully saturated rings. The van der Waals surface area contributed by atoms with E-state index in [9.17, 15) is 14.5 Å². The van der Waals surface area contributed by atoms with Crippen molar-refractivity contribution in [2.75, 3.05) is 23.3 Å². The molecule has 25 heavy (non-hydrogen) atoms. The average molecular weight is 345 g/mol.